The summed E-state index contributed by atoms with van der Waals surface area (Å²) >= 11 is 0. The summed E-state index contributed by atoms with van der Waals surface area (Å²) in [6.45, 7) is 7.43. The SMILES string of the molecule is C=CCCCC=CCC1(CC=CCCCC=C)C(=O)CCCC1=O. The standard InChI is InChI=1S/C22H32O2/c1-3-5-7-9-11-13-18-22(19-14-12-10-8-6-4-2)20(23)16-15-17-21(22)24/h3-4,11-14H,1-2,5-10,15-19H2. The lowest BCUT2D eigenvalue weighted by atomic mass is 9.67. The van der Waals surface area contributed by atoms with Crippen LogP contribution in [0, 0.1) is 5.41 Å². The van der Waals surface area contributed by atoms with Gasteiger partial charge >= 0.3 is 0 Å². The van der Waals surface area contributed by atoms with Crippen molar-refractivity contribution in [2.45, 2.75) is 70.6 Å². The second-order valence-electron chi connectivity index (χ2n) is 6.57. The minimum absolute atomic E-state index is 0.130. The fraction of sp³-hybridized carbons (Fsp3) is 0.545. The van der Waals surface area contributed by atoms with Crippen LogP contribution in [0.2, 0.25) is 0 Å². The molecule has 1 aliphatic rings. The van der Waals surface area contributed by atoms with E-state index in [0.717, 1.165) is 38.5 Å². The number of unbranched alkanes of at least 4 members (excludes halogenated alkanes) is 4. The average molecular weight is 328 g/mol. The fourth-order valence-corrected chi connectivity index (χ4v) is 3.15. The van der Waals surface area contributed by atoms with Gasteiger partial charge in [-0.05, 0) is 57.8 Å². The van der Waals surface area contributed by atoms with Crippen molar-refractivity contribution in [3.63, 3.8) is 0 Å². The zero-order valence-electron chi connectivity index (χ0n) is 15.0. The maximum absolute atomic E-state index is 12.5. The molecule has 0 amide bonds. The second kappa shape index (κ2) is 11.8. The van der Waals surface area contributed by atoms with Crippen molar-refractivity contribution in [1.82, 2.24) is 0 Å². The van der Waals surface area contributed by atoms with Crippen LogP contribution < -0.4 is 0 Å². The molecular weight excluding hydrogens is 296 g/mol. The molecule has 1 aliphatic carbocycles. The van der Waals surface area contributed by atoms with Gasteiger partial charge in [-0.3, -0.25) is 9.59 Å². The molecule has 0 atom stereocenters. The number of hydrogen-bond acceptors (Lipinski definition) is 2. The quantitative estimate of drug-likeness (QED) is 0.254. The van der Waals surface area contributed by atoms with E-state index in [4.69, 9.17) is 0 Å². The van der Waals surface area contributed by atoms with Crippen molar-refractivity contribution in [2.24, 2.45) is 5.41 Å². The molecule has 0 unspecified atom stereocenters. The number of ketones is 2. The zero-order chi connectivity index (χ0) is 17.7. The van der Waals surface area contributed by atoms with Crippen LogP contribution in [-0.2, 0) is 9.59 Å². The van der Waals surface area contributed by atoms with E-state index in [9.17, 15) is 9.59 Å². The third-order valence-corrected chi connectivity index (χ3v) is 4.70. The van der Waals surface area contributed by atoms with Gasteiger partial charge in [-0.2, -0.15) is 0 Å². The number of rotatable bonds is 12. The first-order valence-corrected chi connectivity index (χ1v) is 9.26. The first-order chi connectivity index (χ1) is 11.7. The Hall–Kier alpha value is -1.70. The summed E-state index contributed by atoms with van der Waals surface area (Å²) in [5.41, 5.74) is -0.803. The summed E-state index contributed by atoms with van der Waals surface area (Å²) in [6, 6.07) is 0. The van der Waals surface area contributed by atoms with Crippen LogP contribution in [0.3, 0.4) is 0 Å². The highest BCUT2D eigenvalue weighted by atomic mass is 16.2. The van der Waals surface area contributed by atoms with Gasteiger partial charge in [0.15, 0.2) is 0 Å². The molecule has 0 heterocycles. The Balaban J connectivity index is 2.65. The molecule has 2 heteroatoms. The van der Waals surface area contributed by atoms with Gasteiger partial charge < -0.3 is 0 Å². The van der Waals surface area contributed by atoms with E-state index < -0.39 is 5.41 Å². The first kappa shape index (κ1) is 20.3. The Morgan fingerprint density at radius 2 is 1.21 bits per heavy atom. The highest BCUT2D eigenvalue weighted by Gasteiger charge is 2.44. The number of allylic oxidation sites excluding steroid dienone is 6. The number of hydrogen-bond donors (Lipinski definition) is 0. The van der Waals surface area contributed by atoms with Crippen molar-refractivity contribution < 1.29 is 9.59 Å². The highest BCUT2D eigenvalue weighted by molar-refractivity contribution is 6.09. The molecule has 0 radical (unpaired) electrons. The van der Waals surface area contributed by atoms with Gasteiger partial charge in [-0.15, -0.1) is 13.2 Å². The highest BCUT2D eigenvalue weighted by Crippen LogP contribution is 2.37. The number of carbonyl (C=O) groups excluding carboxylic acids is 2. The summed E-state index contributed by atoms with van der Waals surface area (Å²) < 4.78 is 0. The number of carbonyl (C=O) groups is 2. The summed E-state index contributed by atoms with van der Waals surface area (Å²) in [4.78, 5) is 25.1. The van der Waals surface area contributed by atoms with Gasteiger partial charge in [-0.1, -0.05) is 36.5 Å². The van der Waals surface area contributed by atoms with E-state index in [2.05, 4.69) is 25.3 Å². The molecule has 132 valence electrons. The van der Waals surface area contributed by atoms with E-state index in [0.29, 0.717) is 32.1 Å². The van der Waals surface area contributed by atoms with Gasteiger partial charge in [0.2, 0.25) is 0 Å². The van der Waals surface area contributed by atoms with Gasteiger partial charge in [0.1, 0.15) is 11.6 Å². The van der Waals surface area contributed by atoms with E-state index in [1.54, 1.807) is 0 Å². The van der Waals surface area contributed by atoms with E-state index in [1.165, 1.54) is 0 Å². The normalized spacial score (nSPS) is 17.7. The van der Waals surface area contributed by atoms with Crippen LogP contribution in [-0.4, -0.2) is 11.6 Å². The van der Waals surface area contributed by atoms with E-state index in [-0.39, 0.29) is 11.6 Å². The maximum atomic E-state index is 12.5. The Kier molecular flexibility index (Phi) is 9.98. The average Bonchev–Trinajstić information content (AvgIpc) is 2.58. The van der Waals surface area contributed by atoms with Crippen LogP contribution in [0.5, 0.6) is 0 Å². The third kappa shape index (κ3) is 6.43. The largest absolute Gasteiger partial charge is 0.299 e. The van der Waals surface area contributed by atoms with Crippen LogP contribution in [0.15, 0.2) is 49.6 Å². The lowest BCUT2D eigenvalue weighted by Gasteiger charge is -2.32. The third-order valence-electron chi connectivity index (χ3n) is 4.70. The topological polar surface area (TPSA) is 34.1 Å². The van der Waals surface area contributed by atoms with Crippen LogP contribution >= 0.6 is 0 Å². The molecule has 0 aliphatic heterocycles. The Morgan fingerprint density at radius 3 is 1.62 bits per heavy atom. The Labute approximate surface area is 147 Å². The molecule has 0 bridgehead atoms. The molecule has 1 fully saturated rings. The number of Topliss-reactive ketones (excluding diaryl/α,β-unsaturated/α-hetero) is 2. The van der Waals surface area contributed by atoms with Crippen molar-refractivity contribution in [2.75, 3.05) is 0 Å². The molecule has 0 saturated heterocycles. The molecule has 0 N–H and O–H groups in total. The molecule has 0 aromatic heterocycles. The zero-order valence-corrected chi connectivity index (χ0v) is 15.0. The van der Waals surface area contributed by atoms with Crippen molar-refractivity contribution >= 4 is 11.6 Å². The van der Waals surface area contributed by atoms with Gasteiger partial charge in [0.25, 0.3) is 0 Å². The van der Waals surface area contributed by atoms with Crippen molar-refractivity contribution in [1.29, 1.82) is 0 Å². The first-order valence-electron chi connectivity index (χ1n) is 9.26. The Morgan fingerprint density at radius 1 is 0.750 bits per heavy atom. The fourth-order valence-electron chi connectivity index (χ4n) is 3.15. The minimum atomic E-state index is -0.803. The van der Waals surface area contributed by atoms with E-state index in [1.807, 2.05) is 24.3 Å². The molecular formula is C22H32O2. The van der Waals surface area contributed by atoms with Crippen LogP contribution in [0.4, 0.5) is 0 Å². The summed E-state index contributed by atoms with van der Waals surface area (Å²) in [7, 11) is 0. The van der Waals surface area contributed by atoms with Crippen molar-refractivity contribution in [3.8, 4) is 0 Å². The predicted octanol–water partition coefficient (Wildman–Crippen LogP) is 5.90. The predicted molar refractivity (Wildman–Crippen MR) is 102 cm³/mol. The van der Waals surface area contributed by atoms with Gasteiger partial charge in [-0.25, -0.2) is 0 Å². The lowest BCUT2D eigenvalue weighted by molar-refractivity contribution is -0.143. The Bertz CT molecular complexity index is 438. The minimum Gasteiger partial charge on any atom is -0.299 e. The smallest absolute Gasteiger partial charge is 0.147 e. The molecule has 0 aromatic carbocycles. The summed E-state index contributed by atoms with van der Waals surface area (Å²) in [6.07, 6.45) is 21.1. The van der Waals surface area contributed by atoms with Crippen LogP contribution in [0.1, 0.15) is 70.6 Å². The van der Waals surface area contributed by atoms with Gasteiger partial charge in [0, 0.05) is 12.8 Å². The lowest BCUT2D eigenvalue weighted by Crippen LogP contribution is -2.41. The monoisotopic (exact) mass is 328 g/mol. The van der Waals surface area contributed by atoms with Gasteiger partial charge in [0.05, 0.1) is 5.41 Å². The molecule has 1 saturated carbocycles. The second-order valence-corrected chi connectivity index (χ2v) is 6.57. The summed E-state index contributed by atoms with van der Waals surface area (Å²) in [5, 5.41) is 0. The summed E-state index contributed by atoms with van der Waals surface area (Å²) in [5.74, 6) is 0.260. The van der Waals surface area contributed by atoms with Crippen LogP contribution in [0.25, 0.3) is 0 Å². The maximum Gasteiger partial charge on any atom is 0.147 e. The molecule has 24 heavy (non-hydrogen) atoms. The molecule has 2 nitrogen and oxygen atoms in total. The molecule has 1 rings (SSSR count). The molecule has 0 aromatic rings. The molecule has 0 spiro atoms. The van der Waals surface area contributed by atoms with Crippen molar-refractivity contribution in [3.05, 3.63) is 49.6 Å². The van der Waals surface area contributed by atoms with E-state index >= 15 is 0 Å².